The molecule has 1 aliphatic carbocycles. The quantitative estimate of drug-likeness (QED) is 0.439. The molecule has 1 aliphatic rings. The van der Waals surface area contributed by atoms with Gasteiger partial charge in [-0.1, -0.05) is 71.2 Å². The van der Waals surface area contributed by atoms with Crippen molar-refractivity contribution in [2.45, 2.75) is 47.5 Å². The maximum Gasteiger partial charge on any atom is 0.155 e. The Kier molecular flexibility index (Phi) is 7.53. The van der Waals surface area contributed by atoms with Crippen molar-refractivity contribution in [1.82, 2.24) is 5.06 Å². The molecule has 0 saturated carbocycles. The third-order valence-electron chi connectivity index (χ3n) is 4.81. The van der Waals surface area contributed by atoms with Crippen LogP contribution in [-0.2, 0) is 0 Å². The highest BCUT2D eigenvalue weighted by Crippen LogP contribution is 2.38. The molecular formula is C25H35NO. The van der Waals surface area contributed by atoms with Crippen LogP contribution in [0.15, 0.2) is 78.1 Å². The highest BCUT2D eigenvalue weighted by atomic mass is 16.7. The Balaban J connectivity index is 2.22. The van der Waals surface area contributed by atoms with Gasteiger partial charge in [0, 0.05) is 5.92 Å². The number of nitrogens with zero attached hydrogens (tertiary/aromatic N) is 1. The van der Waals surface area contributed by atoms with Gasteiger partial charge in [-0.15, -0.1) is 0 Å². The summed E-state index contributed by atoms with van der Waals surface area (Å²) in [6.07, 6.45) is 6.68. The van der Waals surface area contributed by atoms with Gasteiger partial charge in [-0.25, -0.2) is 5.06 Å². The molecule has 0 spiro atoms. The van der Waals surface area contributed by atoms with Crippen molar-refractivity contribution >= 4 is 0 Å². The molecule has 1 aromatic carbocycles. The molecule has 2 nitrogen and oxygen atoms in total. The number of allylic oxidation sites excluding steroid dienone is 4. The minimum absolute atomic E-state index is 0.0818. The fourth-order valence-corrected chi connectivity index (χ4v) is 3.53. The average molecular weight is 366 g/mol. The van der Waals surface area contributed by atoms with Crippen LogP contribution in [0.4, 0.5) is 0 Å². The Bertz CT molecular complexity index is 709. The maximum atomic E-state index is 6.08. The third-order valence-corrected chi connectivity index (χ3v) is 4.81. The van der Waals surface area contributed by atoms with E-state index in [0.29, 0.717) is 11.8 Å². The molecule has 0 bridgehead atoms. The second-order valence-corrected chi connectivity index (χ2v) is 8.15. The molecule has 1 aromatic rings. The fraction of sp³-hybridized carbons (Fsp3) is 0.440. The van der Waals surface area contributed by atoms with E-state index in [1.54, 1.807) is 0 Å². The number of benzene rings is 1. The molecule has 0 heterocycles. The average Bonchev–Trinajstić information content (AvgIpc) is 2.62. The monoisotopic (exact) mass is 365 g/mol. The zero-order chi connectivity index (χ0) is 20.0. The first-order valence-electron chi connectivity index (χ1n) is 10.1. The van der Waals surface area contributed by atoms with E-state index in [9.17, 15) is 0 Å². The van der Waals surface area contributed by atoms with Crippen molar-refractivity contribution < 1.29 is 4.84 Å². The number of hydroxylamine groups is 2. The topological polar surface area (TPSA) is 12.5 Å². The molecule has 0 saturated heterocycles. The lowest BCUT2D eigenvalue weighted by atomic mass is 9.78. The van der Waals surface area contributed by atoms with Crippen LogP contribution in [0.25, 0.3) is 0 Å². The number of rotatable bonds is 9. The van der Waals surface area contributed by atoms with Crippen LogP contribution >= 0.6 is 0 Å². The lowest BCUT2D eigenvalue weighted by Crippen LogP contribution is -2.31. The van der Waals surface area contributed by atoms with Crippen LogP contribution in [0.1, 0.15) is 47.5 Å². The summed E-state index contributed by atoms with van der Waals surface area (Å²) in [5.41, 5.74) is 4.94. The number of hydrogen-bond donors (Lipinski definition) is 0. The molecule has 2 rings (SSSR count). The van der Waals surface area contributed by atoms with Gasteiger partial charge in [0.25, 0.3) is 0 Å². The summed E-state index contributed by atoms with van der Waals surface area (Å²) in [6, 6.07) is 9.88. The largest absolute Gasteiger partial charge is 0.380 e. The zero-order valence-electron chi connectivity index (χ0n) is 17.7. The second kappa shape index (κ2) is 9.64. The van der Waals surface area contributed by atoms with Crippen molar-refractivity contribution in [1.29, 1.82) is 0 Å². The molecule has 0 radical (unpaired) electrons. The minimum Gasteiger partial charge on any atom is -0.380 e. The van der Waals surface area contributed by atoms with Gasteiger partial charge in [-0.3, -0.25) is 0 Å². The summed E-state index contributed by atoms with van der Waals surface area (Å²) < 4.78 is 0. The Hall–Kier alpha value is -2.22. The molecule has 1 unspecified atom stereocenters. The fourth-order valence-electron chi connectivity index (χ4n) is 3.53. The van der Waals surface area contributed by atoms with E-state index in [1.807, 2.05) is 35.4 Å². The van der Waals surface area contributed by atoms with Gasteiger partial charge in [0.15, 0.2) is 5.75 Å². The summed E-state index contributed by atoms with van der Waals surface area (Å²) in [6.45, 7) is 20.7. The van der Waals surface area contributed by atoms with Gasteiger partial charge in [0.1, 0.15) is 0 Å². The SMILES string of the molecule is C=C1C(CC(C)C)=C(CC(C)C)C=CC1C(=C)N(CC)Oc1ccccc1. The van der Waals surface area contributed by atoms with Gasteiger partial charge < -0.3 is 4.84 Å². The highest BCUT2D eigenvalue weighted by Gasteiger charge is 2.26. The summed E-state index contributed by atoms with van der Waals surface area (Å²) in [7, 11) is 0. The molecular weight excluding hydrogens is 330 g/mol. The molecule has 2 heteroatoms. The van der Waals surface area contributed by atoms with E-state index in [2.05, 4.69) is 59.9 Å². The van der Waals surface area contributed by atoms with Crippen LogP contribution < -0.4 is 4.84 Å². The Labute approximate surface area is 165 Å². The lowest BCUT2D eigenvalue weighted by Gasteiger charge is -2.33. The molecule has 0 N–H and O–H groups in total. The first-order valence-corrected chi connectivity index (χ1v) is 10.1. The molecule has 1 atom stereocenters. The van der Waals surface area contributed by atoms with E-state index < -0.39 is 0 Å². The van der Waals surface area contributed by atoms with E-state index >= 15 is 0 Å². The highest BCUT2D eigenvalue weighted by molar-refractivity contribution is 5.49. The van der Waals surface area contributed by atoms with Crippen LogP contribution in [0.3, 0.4) is 0 Å². The van der Waals surface area contributed by atoms with Crippen LogP contribution in [0.2, 0.25) is 0 Å². The van der Waals surface area contributed by atoms with E-state index in [-0.39, 0.29) is 5.92 Å². The standard InChI is InChI=1S/C25H35NO/c1-8-26(27-23-12-10-9-11-13-23)21(7)24-15-14-22(16-18(2)3)25(20(24)6)17-19(4)5/h9-15,18-19,24H,6-8,16-17H2,1-5H3. The predicted octanol–water partition coefficient (Wildman–Crippen LogP) is 6.95. The smallest absolute Gasteiger partial charge is 0.155 e. The van der Waals surface area contributed by atoms with Crippen molar-refractivity contribution in [2.75, 3.05) is 6.54 Å². The first kappa shape index (κ1) is 21.1. The number of hydrogen-bond acceptors (Lipinski definition) is 2. The molecule has 0 amide bonds. The van der Waals surface area contributed by atoms with Crippen molar-refractivity contribution in [3.8, 4) is 5.75 Å². The maximum absolute atomic E-state index is 6.08. The lowest BCUT2D eigenvalue weighted by molar-refractivity contribution is -0.0228. The molecule has 0 aromatic heterocycles. The van der Waals surface area contributed by atoms with Crippen molar-refractivity contribution in [3.63, 3.8) is 0 Å². The number of para-hydroxylation sites is 1. The van der Waals surface area contributed by atoms with Gasteiger partial charge in [0.2, 0.25) is 0 Å². The molecule has 27 heavy (non-hydrogen) atoms. The van der Waals surface area contributed by atoms with Crippen LogP contribution in [0.5, 0.6) is 5.75 Å². The van der Waals surface area contributed by atoms with Gasteiger partial charge in [-0.05, 0) is 60.5 Å². The Morgan fingerprint density at radius 2 is 1.70 bits per heavy atom. The van der Waals surface area contributed by atoms with E-state index in [1.165, 1.54) is 16.7 Å². The summed E-state index contributed by atoms with van der Waals surface area (Å²) in [4.78, 5) is 6.08. The van der Waals surface area contributed by atoms with Crippen molar-refractivity contribution in [2.24, 2.45) is 17.8 Å². The summed E-state index contributed by atoms with van der Waals surface area (Å²) >= 11 is 0. The normalized spacial score (nSPS) is 17.0. The van der Waals surface area contributed by atoms with Crippen molar-refractivity contribution in [3.05, 3.63) is 78.1 Å². The van der Waals surface area contributed by atoms with Crippen LogP contribution in [-0.4, -0.2) is 11.6 Å². The first-order chi connectivity index (χ1) is 12.8. The molecule has 0 fully saturated rings. The Morgan fingerprint density at radius 1 is 1.07 bits per heavy atom. The van der Waals surface area contributed by atoms with Crippen LogP contribution in [0, 0.1) is 17.8 Å². The second-order valence-electron chi connectivity index (χ2n) is 8.15. The van der Waals surface area contributed by atoms with E-state index in [0.717, 1.165) is 30.8 Å². The zero-order valence-corrected chi connectivity index (χ0v) is 17.7. The minimum atomic E-state index is 0.0818. The summed E-state index contributed by atoms with van der Waals surface area (Å²) in [5, 5.41) is 1.88. The summed E-state index contributed by atoms with van der Waals surface area (Å²) in [5.74, 6) is 2.14. The van der Waals surface area contributed by atoms with Gasteiger partial charge in [-0.2, -0.15) is 0 Å². The third kappa shape index (κ3) is 5.63. The van der Waals surface area contributed by atoms with Gasteiger partial charge in [0.05, 0.1) is 12.2 Å². The molecule has 146 valence electrons. The Morgan fingerprint density at radius 3 is 2.26 bits per heavy atom. The predicted molar refractivity (Wildman–Crippen MR) is 116 cm³/mol. The van der Waals surface area contributed by atoms with E-state index in [4.69, 9.17) is 4.84 Å². The molecule has 0 aliphatic heterocycles. The van der Waals surface area contributed by atoms with Gasteiger partial charge >= 0.3 is 0 Å².